The number of aromatic nitrogens is 1. The second kappa shape index (κ2) is 8.30. The van der Waals surface area contributed by atoms with Crippen LogP contribution in [0.4, 0.5) is 0 Å². The van der Waals surface area contributed by atoms with E-state index in [1.165, 1.54) is 16.3 Å². The Morgan fingerprint density at radius 1 is 0.833 bits per heavy atom. The summed E-state index contributed by atoms with van der Waals surface area (Å²) >= 11 is 0. The molecule has 1 aromatic heterocycles. The molecule has 30 heavy (non-hydrogen) atoms. The standard InChI is InChI=1S/C26H33NO2S/c1-26(2,3)30(28,29)18-20-14-12-19(13-15-20)16-17-21-22-8-4-6-10-24(22)27-25-11-7-5-9-23(21)25/h4-11,19-20H,12-18H2,1-3H3. The third kappa shape index (κ3) is 4.39. The number of benzene rings is 2. The summed E-state index contributed by atoms with van der Waals surface area (Å²) in [5.74, 6) is 1.36. The maximum atomic E-state index is 12.6. The number of hydrogen-bond donors (Lipinski definition) is 0. The van der Waals surface area contributed by atoms with E-state index < -0.39 is 14.6 Å². The molecule has 0 bridgehead atoms. The van der Waals surface area contributed by atoms with Crippen molar-refractivity contribution in [3.63, 3.8) is 0 Å². The molecule has 1 fully saturated rings. The van der Waals surface area contributed by atoms with Gasteiger partial charge in [-0.25, -0.2) is 13.4 Å². The van der Waals surface area contributed by atoms with Crippen LogP contribution in [0, 0.1) is 11.8 Å². The maximum Gasteiger partial charge on any atom is 0.155 e. The highest BCUT2D eigenvalue weighted by Crippen LogP contribution is 2.35. The largest absolute Gasteiger partial charge is 0.248 e. The molecule has 1 saturated carbocycles. The highest BCUT2D eigenvalue weighted by atomic mass is 32.2. The summed E-state index contributed by atoms with van der Waals surface area (Å²) < 4.78 is 24.5. The molecular formula is C26H33NO2S. The van der Waals surface area contributed by atoms with E-state index in [0.717, 1.165) is 49.6 Å². The molecule has 4 rings (SSSR count). The van der Waals surface area contributed by atoms with Gasteiger partial charge < -0.3 is 0 Å². The first kappa shape index (κ1) is 21.3. The summed E-state index contributed by atoms with van der Waals surface area (Å²) in [5, 5.41) is 2.53. The van der Waals surface area contributed by atoms with Gasteiger partial charge >= 0.3 is 0 Å². The fourth-order valence-corrected chi connectivity index (χ4v) is 6.25. The zero-order chi connectivity index (χ0) is 21.4. The van der Waals surface area contributed by atoms with Crippen molar-refractivity contribution in [2.45, 2.75) is 64.0 Å². The lowest BCUT2D eigenvalue weighted by Crippen LogP contribution is -2.34. The van der Waals surface area contributed by atoms with Crippen molar-refractivity contribution in [1.82, 2.24) is 4.98 Å². The third-order valence-corrected chi connectivity index (χ3v) is 9.63. The zero-order valence-corrected chi connectivity index (χ0v) is 19.2. The summed E-state index contributed by atoms with van der Waals surface area (Å²) in [4.78, 5) is 4.84. The Morgan fingerprint density at radius 2 is 1.33 bits per heavy atom. The van der Waals surface area contributed by atoms with E-state index in [1.807, 2.05) is 20.8 Å². The van der Waals surface area contributed by atoms with Crippen LogP contribution in [0.5, 0.6) is 0 Å². The SMILES string of the molecule is CC(C)(C)S(=O)(=O)CC1CCC(CCc2c3ccccc3nc3ccccc23)CC1. The second-order valence-corrected chi connectivity index (χ2v) is 12.7. The molecule has 1 aliphatic rings. The lowest BCUT2D eigenvalue weighted by molar-refractivity contribution is 0.278. The van der Waals surface area contributed by atoms with E-state index in [1.54, 1.807) is 0 Å². The molecular weight excluding hydrogens is 390 g/mol. The quantitative estimate of drug-likeness (QED) is 0.450. The normalized spacial score (nSPS) is 20.6. The smallest absolute Gasteiger partial charge is 0.155 e. The molecule has 1 aliphatic carbocycles. The van der Waals surface area contributed by atoms with Gasteiger partial charge in [-0.05, 0) is 76.0 Å². The first-order valence-corrected chi connectivity index (χ1v) is 12.9. The Kier molecular flexibility index (Phi) is 5.89. The summed E-state index contributed by atoms with van der Waals surface area (Å²) in [6.45, 7) is 5.45. The molecule has 1 heterocycles. The number of nitrogens with zero attached hydrogens (tertiary/aromatic N) is 1. The van der Waals surface area contributed by atoms with Crippen LogP contribution in [0.2, 0.25) is 0 Å². The third-order valence-electron chi connectivity index (χ3n) is 6.86. The number of hydrogen-bond acceptors (Lipinski definition) is 3. The molecule has 3 aromatic rings. The van der Waals surface area contributed by atoms with Crippen molar-refractivity contribution >= 4 is 31.6 Å². The molecule has 0 radical (unpaired) electrons. The maximum absolute atomic E-state index is 12.6. The van der Waals surface area contributed by atoms with Crippen LogP contribution in [0.25, 0.3) is 21.8 Å². The van der Waals surface area contributed by atoms with Gasteiger partial charge in [0, 0.05) is 10.8 Å². The fraction of sp³-hybridized carbons (Fsp3) is 0.500. The highest BCUT2D eigenvalue weighted by Gasteiger charge is 2.33. The number of rotatable bonds is 5. The zero-order valence-electron chi connectivity index (χ0n) is 18.4. The van der Waals surface area contributed by atoms with Crippen molar-refractivity contribution in [2.24, 2.45) is 11.8 Å². The molecule has 0 unspecified atom stereocenters. The summed E-state index contributed by atoms with van der Waals surface area (Å²) in [6, 6.07) is 16.9. The Hall–Kier alpha value is -1.94. The van der Waals surface area contributed by atoms with Gasteiger partial charge in [0.05, 0.1) is 21.5 Å². The summed E-state index contributed by atoms with van der Waals surface area (Å²) in [7, 11) is -3.03. The average molecular weight is 424 g/mol. The fourth-order valence-electron chi connectivity index (χ4n) is 4.79. The lowest BCUT2D eigenvalue weighted by Gasteiger charge is -2.30. The Labute approximate surface area is 180 Å². The van der Waals surface area contributed by atoms with Crippen molar-refractivity contribution in [3.8, 4) is 0 Å². The Balaban J connectivity index is 1.44. The van der Waals surface area contributed by atoms with Crippen LogP contribution in [-0.4, -0.2) is 23.9 Å². The predicted octanol–water partition coefficient (Wildman–Crippen LogP) is 6.34. The predicted molar refractivity (Wildman–Crippen MR) is 127 cm³/mol. The van der Waals surface area contributed by atoms with Crippen LogP contribution < -0.4 is 0 Å². The van der Waals surface area contributed by atoms with Gasteiger partial charge in [-0.3, -0.25) is 0 Å². The van der Waals surface area contributed by atoms with Gasteiger partial charge in [-0.1, -0.05) is 49.2 Å². The lowest BCUT2D eigenvalue weighted by atomic mass is 9.80. The summed E-state index contributed by atoms with van der Waals surface area (Å²) in [5.41, 5.74) is 3.55. The number of fused-ring (bicyclic) bond motifs is 2. The Morgan fingerprint density at radius 3 is 1.87 bits per heavy atom. The minimum Gasteiger partial charge on any atom is -0.248 e. The van der Waals surface area contributed by atoms with Crippen LogP contribution >= 0.6 is 0 Å². The molecule has 0 amide bonds. The molecule has 0 N–H and O–H groups in total. The molecule has 2 aromatic carbocycles. The van der Waals surface area contributed by atoms with Gasteiger partial charge in [0.15, 0.2) is 9.84 Å². The molecule has 3 nitrogen and oxygen atoms in total. The minimum absolute atomic E-state index is 0.327. The van der Waals surface area contributed by atoms with Gasteiger partial charge in [0.1, 0.15) is 0 Å². The van der Waals surface area contributed by atoms with Gasteiger partial charge in [0.25, 0.3) is 0 Å². The average Bonchev–Trinajstić information content (AvgIpc) is 2.71. The van der Waals surface area contributed by atoms with Crippen molar-refractivity contribution in [3.05, 3.63) is 54.1 Å². The first-order chi connectivity index (χ1) is 14.2. The van der Waals surface area contributed by atoms with Gasteiger partial charge in [-0.2, -0.15) is 0 Å². The highest BCUT2D eigenvalue weighted by molar-refractivity contribution is 7.92. The Bertz CT molecular complexity index is 1080. The monoisotopic (exact) mass is 423 g/mol. The number of sulfone groups is 1. The minimum atomic E-state index is -3.03. The van der Waals surface area contributed by atoms with Crippen LogP contribution in [0.3, 0.4) is 0 Å². The number of aryl methyl sites for hydroxylation is 1. The molecule has 0 spiro atoms. The van der Waals surface area contributed by atoms with Crippen molar-refractivity contribution in [2.75, 3.05) is 5.75 Å². The van der Waals surface area contributed by atoms with Crippen LogP contribution in [-0.2, 0) is 16.3 Å². The molecule has 0 saturated heterocycles. The molecule has 0 atom stereocenters. The molecule has 160 valence electrons. The van der Waals surface area contributed by atoms with E-state index in [9.17, 15) is 8.42 Å². The topological polar surface area (TPSA) is 47.0 Å². The number of pyridine rings is 1. The van der Waals surface area contributed by atoms with E-state index in [-0.39, 0.29) is 0 Å². The van der Waals surface area contributed by atoms with E-state index >= 15 is 0 Å². The number of para-hydroxylation sites is 2. The van der Waals surface area contributed by atoms with E-state index in [2.05, 4.69) is 48.5 Å². The first-order valence-electron chi connectivity index (χ1n) is 11.2. The molecule has 4 heteroatoms. The van der Waals surface area contributed by atoms with Gasteiger partial charge in [0.2, 0.25) is 0 Å². The second-order valence-electron chi connectivity index (χ2n) is 9.94. The summed E-state index contributed by atoms with van der Waals surface area (Å²) in [6.07, 6.45) is 6.59. The molecule has 0 aliphatic heterocycles. The van der Waals surface area contributed by atoms with Crippen LogP contribution in [0.15, 0.2) is 48.5 Å². The van der Waals surface area contributed by atoms with Gasteiger partial charge in [-0.15, -0.1) is 0 Å². The van der Waals surface area contributed by atoms with Crippen molar-refractivity contribution in [1.29, 1.82) is 0 Å². The van der Waals surface area contributed by atoms with E-state index in [4.69, 9.17) is 4.98 Å². The van der Waals surface area contributed by atoms with E-state index in [0.29, 0.717) is 17.6 Å². The van der Waals surface area contributed by atoms with Crippen molar-refractivity contribution < 1.29 is 8.42 Å². The van der Waals surface area contributed by atoms with Crippen LogP contribution in [0.1, 0.15) is 58.4 Å².